The lowest BCUT2D eigenvalue weighted by Crippen LogP contribution is -2.03. The molecule has 0 amide bonds. The Morgan fingerprint density at radius 1 is 0.353 bits per heavy atom. The van der Waals surface area contributed by atoms with E-state index in [4.69, 9.17) is 15.0 Å². The lowest BCUT2D eigenvalue weighted by Gasteiger charge is -2.13. The zero-order valence-corrected chi connectivity index (χ0v) is 27.3. The smallest absolute Gasteiger partial charge is 0.235 e. The van der Waals surface area contributed by atoms with Crippen molar-refractivity contribution in [3.63, 3.8) is 0 Å². The van der Waals surface area contributed by atoms with Crippen LogP contribution in [0.15, 0.2) is 170 Å². The molecule has 6 heteroatoms. The lowest BCUT2D eigenvalue weighted by atomic mass is 10.0. The van der Waals surface area contributed by atoms with E-state index in [0.717, 1.165) is 88.6 Å². The Morgan fingerprint density at radius 3 is 1.84 bits per heavy atom. The minimum absolute atomic E-state index is 0.640. The topological polar surface area (TPSA) is 52.9 Å². The number of benzene rings is 7. The van der Waals surface area contributed by atoms with Gasteiger partial charge in [0.25, 0.3) is 0 Å². The second-order valence-electron chi connectivity index (χ2n) is 13.0. The van der Waals surface area contributed by atoms with Gasteiger partial charge in [-0.05, 0) is 71.8 Å². The predicted octanol–water partition coefficient (Wildman–Crippen LogP) is 10.8. The summed E-state index contributed by atoms with van der Waals surface area (Å²) in [5.41, 5.74) is 12.6. The van der Waals surface area contributed by atoms with Gasteiger partial charge in [-0.1, -0.05) is 109 Å². The number of hydrogen-bond acceptors (Lipinski definition) is 3. The summed E-state index contributed by atoms with van der Waals surface area (Å²) in [7, 11) is 0. The average Bonchev–Trinajstić information content (AvgIpc) is 3.84. The lowest BCUT2D eigenvalue weighted by molar-refractivity contribution is 1.01. The number of nitrogens with zero attached hydrogens (tertiary/aromatic N) is 6. The molecule has 6 nitrogen and oxygen atoms in total. The van der Waals surface area contributed by atoms with E-state index in [1.165, 1.54) is 0 Å². The quantitative estimate of drug-likeness (QED) is 0.190. The van der Waals surface area contributed by atoms with Crippen LogP contribution in [0.4, 0.5) is 0 Å². The van der Waals surface area contributed by atoms with Gasteiger partial charge in [0.2, 0.25) is 11.7 Å². The van der Waals surface area contributed by atoms with Gasteiger partial charge in [-0.25, -0.2) is 15.0 Å². The highest BCUT2D eigenvalue weighted by Crippen LogP contribution is 2.37. The van der Waals surface area contributed by atoms with Gasteiger partial charge in [0.05, 0.1) is 44.3 Å². The van der Waals surface area contributed by atoms with Gasteiger partial charge in [0.15, 0.2) is 0 Å². The molecule has 4 aromatic heterocycles. The first-order valence-electron chi connectivity index (χ1n) is 17.1. The van der Waals surface area contributed by atoms with Gasteiger partial charge >= 0.3 is 0 Å². The fourth-order valence-corrected chi connectivity index (χ4v) is 7.76. The molecule has 0 fully saturated rings. The molecular formula is C45H28N6. The summed E-state index contributed by atoms with van der Waals surface area (Å²) >= 11 is 0. The number of aromatic nitrogens is 6. The van der Waals surface area contributed by atoms with E-state index in [9.17, 15) is 0 Å². The van der Waals surface area contributed by atoms with Crippen molar-refractivity contribution < 1.29 is 0 Å². The summed E-state index contributed by atoms with van der Waals surface area (Å²) in [5, 5.41) is 3.28. The minimum atomic E-state index is 0.640. The van der Waals surface area contributed by atoms with Gasteiger partial charge in [-0.2, -0.15) is 0 Å². The van der Waals surface area contributed by atoms with E-state index in [-0.39, 0.29) is 0 Å². The highest BCUT2D eigenvalue weighted by molar-refractivity contribution is 6.10. The Kier molecular flexibility index (Phi) is 5.86. The number of hydrogen-bond donors (Lipinski definition) is 0. The molecular weight excluding hydrogens is 625 g/mol. The standard InChI is InChI=1S/C45H28N6/c1-3-13-29(14-4-1)31-23-25-36-35(27-31)43(30-15-5-2-6-16-30)48-44(46-36)50-38-19-9-7-17-33(38)34-28-32(24-26-39(34)50)49-41-21-11-12-22-42(41)51-40-20-10-8-18-37(40)47-45(49)51/h1-28H. The van der Waals surface area contributed by atoms with Crippen molar-refractivity contribution >= 4 is 60.6 Å². The van der Waals surface area contributed by atoms with Crippen molar-refractivity contribution in [3.8, 4) is 34.0 Å². The van der Waals surface area contributed by atoms with Gasteiger partial charge in [-0.3, -0.25) is 13.5 Å². The monoisotopic (exact) mass is 652 g/mol. The summed E-state index contributed by atoms with van der Waals surface area (Å²) in [4.78, 5) is 15.7. The third-order valence-corrected chi connectivity index (χ3v) is 10.1. The van der Waals surface area contributed by atoms with E-state index in [0.29, 0.717) is 5.95 Å². The van der Waals surface area contributed by atoms with Gasteiger partial charge < -0.3 is 0 Å². The van der Waals surface area contributed by atoms with Crippen molar-refractivity contribution in [2.45, 2.75) is 0 Å². The molecule has 0 N–H and O–H groups in total. The largest absolute Gasteiger partial charge is 0.278 e. The minimum Gasteiger partial charge on any atom is -0.278 e. The summed E-state index contributed by atoms with van der Waals surface area (Å²) in [6.07, 6.45) is 0. The van der Waals surface area contributed by atoms with Crippen LogP contribution in [0.3, 0.4) is 0 Å². The molecule has 0 radical (unpaired) electrons. The maximum atomic E-state index is 5.36. The molecule has 0 unspecified atom stereocenters. The Bertz CT molecular complexity index is 3130. The van der Waals surface area contributed by atoms with E-state index in [1.54, 1.807) is 0 Å². The Balaban J connectivity index is 1.17. The van der Waals surface area contributed by atoms with Crippen LogP contribution in [0, 0.1) is 0 Å². The summed E-state index contributed by atoms with van der Waals surface area (Å²) in [6, 6.07) is 59.5. The molecule has 0 aliphatic heterocycles. The first-order valence-corrected chi connectivity index (χ1v) is 17.1. The molecule has 4 heterocycles. The van der Waals surface area contributed by atoms with Crippen molar-refractivity contribution in [3.05, 3.63) is 170 Å². The van der Waals surface area contributed by atoms with E-state index in [1.807, 2.05) is 18.2 Å². The second-order valence-corrected chi connectivity index (χ2v) is 13.0. The average molecular weight is 653 g/mol. The Hall–Kier alpha value is -7.05. The molecule has 7 aromatic carbocycles. The Morgan fingerprint density at radius 2 is 1.02 bits per heavy atom. The van der Waals surface area contributed by atoms with Crippen LogP contribution in [0.25, 0.3) is 94.6 Å². The zero-order valence-electron chi connectivity index (χ0n) is 27.3. The molecule has 0 aliphatic carbocycles. The van der Waals surface area contributed by atoms with E-state index >= 15 is 0 Å². The SMILES string of the molecule is c1ccc(-c2ccc3nc(-n4c5ccccc5c5cc(-n6c7ccccc7n7c8ccccc8nc67)ccc54)nc(-c4ccccc4)c3c2)cc1. The van der Waals surface area contributed by atoms with Crippen LogP contribution < -0.4 is 0 Å². The summed E-state index contributed by atoms with van der Waals surface area (Å²) < 4.78 is 6.74. The van der Waals surface area contributed by atoms with E-state index in [2.05, 4.69) is 165 Å². The molecule has 0 spiro atoms. The van der Waals surface area contributed by atoms with Crippen LogP contribution in [-0.2, 0) is 0 Å². The maximum Gasteiger partial charge on any atom is 0.235 e. The van der Waals surface area contributed by atoms with Crippen LogP contribution in [0.5, 0.6) is 0 Å². The second kappa shape index (κ2) is 10.7. The van der Waals surface area contributed by atoms with Crippen LogP contribution in [0.1, 0.15) is 0 Å². The number of rotatable bonds is 4. The highest BCUT2D eigenvalue weighted by atomic mass is 15.2. The highest BCUT2D eigenvalue weighted by Gasteiger charge is 2.21. The molecule has 11 aromatic rings. The third kappa shape index (κ3) is 4.14. The fourth-order valence-electron chi connectivity index (χ4n) is 7.76. The van der Waals surface area contributed by atoms with Crippen LogP contribution in [0.2, 0.25) is 0 Å². The molecule has 0 aliphatic rings. The predicted molar refractivity (Wildman–Crippen MR) is 208 cm³/mol. The van der Waals surface area contributed by atoms with Crippen molar-refractivity contribution in [1.82, 2.24) is 28.5 Å². The normalized spacial score (nSPS) is 11.9. The molecule has 0 bridgehead atoms. The van der Waals surface area contributed by atoms with Crippen LogP contribution in [-0.4, -0.2) is 28.5 Å². The molecule has 51 heavy (non-hydrogen) atoms. The fraction of sp³-hybridized carbons (Fsp3) is 0. The summed E-state index contributed by atoms with van der Waals surface area (Å²) in [6.45, 7) is 0. The van der Waals surface area contributed by atoms with Crippen molar-refractivity contribution in [2.75, 3.05) is 0 Å². The zero-order chi connectivity index (χ0) is 33.5. The van der Waals surface area contributed by atoms with Crippen molar-refractivity contribution in [2.24, 2.45) is 0 Å². The summed E-state index contributed by atoms with van der Waals surface area (Å²) in [5.74, 6) is 1.53. The molecule has 0 saturated heterocycles. The molecule has 0 saturated carbocycles. The first-order chi connectivity index (χ1) is 25.3. The Labute approximate surface area is 292 Å². The maximum absolute atomic E-state index is 5.36. The van der Waals surface area contributed by atoms with Crippen molar-refractivity contribution in [1.29, 1.82) is 0 Å². The van der Waals surface area contributed by atoms with Gasteiger partial charge in [0, 0.05) is 27.4 Å². The van der Waals surface area contributed by atoms with Gasteiger partial charge in [0.1, 0.15) is 0 Å². The third-order valence-electron chi connectivity index (χ3n) is 10.1. The van der Waals surface area contributed by atoms with Crippen LogP contribution >= 0.6 is 0 Å². The number of imidazole rings is 2. The first kappa shape index (κ1) is 27.9. The molecule has 0 atom stereocenters. The van der Waals surface area contributed by atoms with E-state index < -0.39 is 0 Å². The number of para-hydroxylation sites is 5. The molecule has 238 valence electrons. The number of fused-ring (bicyclic) bond motifs is 9. The van der Waals surface area contributed by atoms with Gasteiger partial charge in [-0.15, -0.1) is 0 Å². The molecule has 11 rings (SSSR count).